The molecule has 6 nitrogen and oxygen atoms in total. The number of aliphatic hydroxyl groups is 1. The highest BCUT2D eigenvalue weighted by Crippen LogP contribution is 2.20. The normalized spacial score (nSPS) is 12.3. The Kier molecular flexibility index (Phi) is 4.34. The number of anilines is 1. The molecular formula is C17H18N4O2. The van der Waals surface area contributed by atoms with Gasteiger partial charge in [0.15, 0.2) is 0 Å². The van der Waals surface area contributed by atoms with Crippen molar-refractivity contribution in [3.63, 3.8) is 0 Å². The first-order chi connectivity index (χ1) is 11.1. The molecule has 118 valence electrons. The molecule has 6 heteroatoms. The second kappa shape index (κ2) is 6.58. The minimum Gasteiger partial charge on any atom is -0.385 e. The first-order valence-corrected chi connectivity index (χ1v) is 7.48. The number of rotatable bonds is 5. The number of aryl methyl sites for hydroxylation is 1. The van der Waals surface area contributed by atoms with Gasteiger partial charge in [-0.2, -0.15) is 0 Å². The van der Waals surface area contributed by atoms with Crippen LogP contribution in [0.5, 0.6) is 0 Å². The Morgan fingerprint density at radius 1 is 1.39 bits per heavy atom. The number of carbonyl (C=O) groups is 1. The number of carbonyl (C=O) groups excluding carboxylic acids is 1. The molecule has 0 fully saturated rings. The van der Waals surface area contributed by atoms with Gasteiger partial charge in [0.25, 0.3) is 0 Å². The zero-order valence-corrected chi connectivity index (χ0v) is 12.8. The maximum atomic E-state index is 12.0. The minimum atomic E-state index is -0.653. The number of fused-ring (bicyclic) bond motifs is 1. The molecule has 0 saturated carbocycles. The number of nitrogens with zero attached hydrogens (tertiary/aromatic N) is 2. The van der Waals surface area contributed by atoms with E-state index in [9.17, 15) is 9.90 Å². The van der Waals surface area contributed by atoms with E-state index in [-0.39, 0.29) is 5.91 Å². The fourth-order valence-corrected chi connectivity index (χ4v) is 2.33. The molecule has 1 amide bonds. The molecule has 0 radical (unpaired) electrons. The highest BCUT2D eigenvalue weighted by molar-refractivity contribution is 5.93. The molecule has 1 aromatic carbocycles. The van der Waals surface area contributed by atoms with E-state index < -0.39 is 6.10 Å². The molecule has 0 spiro atoms. The van der Waals surface area contributed by atoms with Crippen LogP contribution in [0.1, 0.15) is 30.8 Å². The summed E-state index contributed by atoms with van der Waals surface area (Å²) in [7, 11) is 0. The molecule has 1 atom stereocenters. The molecule has 2 aromatic heterocycles. The third-order valence-corrected chi connectivity index (χ3v) is 3.54. The SMILES string of the molecule is CC(O)c1nc2ccc(NC(=O)CCc3cccnc3)cc2[nH]1. The van der Waals surface area contributed by atoms with Crippen LogP contribution in [-0.2, 0) is 11.2 Å². The van der Waals surface area contributed by atoms with Gasteiger partial charge in [-0.15, -0.1) is 0 Å². The van der Waals surface area contributed by atoms with E-state index in [0.29, 0.717) is 24.4 Å². The van der Waals surface area contributed by atoms with Crippen molar-refractivity contribution in [3.05, 3.63) is 54.1 Å². The molecule has 3 N–H and O–H groups in total. The zero-order chi connectivity index (χ0) is 16.2. The van der Waals surface area contributed by atoms with Gasteiger partial charge in [0, 0.05) is 24.5 Å². The zero-order valence-electron chi connectivity index (χ0n) is 12.8. The van der Waals surface area contributed by atoms with Crippen molar-refractivity contribution in [2.45, 2.75) is 25.9 Å². The lowest BCUT2D eigenvalue weighted by Gasteiger charge is -2.05. The van der Waals surface area contributed by atoms with E-state index in [2.05, 4.69) is 20.3 Å². The van der Waals surface area contributed by atoms with Crippen LogP contribution >= 0.6 is 0 Å². The number of aliphatic hydroxyl groups excluding tert-OH is 1. The number of benzene rings is 1. The smallest absolute Gasteiger partial charge is 0.224 e. The van der Waals surface area contributed by atoms with Gasteiger partial charge in [0.2, 0.25) is 5.91 Å². The first-order valence-electron chi connectivity index (χ1n) is 7.48. The Morgan fingerprint density at radius 3 is 3.00 bits per heavy atom. The van der Waals surface area contributed by atoms with Crippen LogP contribution in [0, 0.1) is 0 Å². The van der Waals surface area contributed by atoms with Crippen LogP contribution in [0.2, 0.25) is 0 Å². The second-order valence-corrected chi connectivity index (χ2v) is 5.44. The molecule has 0 saturated heterocycles. The standard InChI is InChI=1S/C17H18N4O2/c1-11(22)17-20-14-6-5-13(9-15(14)21-17)19-16(23)7-4-12-3-2-8-18-10-12/h2-3,5-6,8-11,22H,4,7H2,1H3,(H,19,23)(H,20,21). The summed E-state index contributed by atoms with van der Waals surface area (Å²) in [5.41, 5.74) is 3.28. The Hall–Kier alpha value is -2.73. The van der Waals surface area contributed by atoms with Gasteiger partial charge in [-0.1, -0.05) is 6.07 Å². The summed E-state index contributed by atoms with van der Waals surface area (Å²) in [4.78, 5) is 23.4. The average Bonchev–Trinajstić information content (AvgIpc) is 2.97. The summed E-state index contributed by atoms with van der Waals surface area (Å²) in [5.74, 6) is 0.462. The van der Waals surface area contributed by atoms with E-state index >= 15 is 0 Å². The van der Waals surface area contributed by atoms with Crippen molar-refractivity contribution in [3.8, 4) is 0 Å². The highest BCUT2D eigenvalue weighted by Gasteiger charge is 2.09. The predicted octanol–water partition coefficient (Wildman–Crippen LogP) is 2.58. The van der Waals surface area contributed by atoms with Gasteiger partial charge in [-0.05, 0) is 43.2 Å². The van der Waals surface area contributed by atoms with Crippen molar-refractivity contribution in [2.24, 2.45) is 0 Å². The first kappa shape index (κ1) is 15.2. The second-order valence-electron chi connectivity index (χ2n) is 5.44. The van der Waals surface area contributed by atoms with Crippen LogP contribution in [0.25, 0.3) is 11.0 Å². The van der Waals surface area contributed by atoms with Gasteiger partial charge in [-0.25, -0.2) is 4.98 Å². The van der Waals surface area contributed by atoms with E-state index in [1.807, 2.05) is 24.3 Å². The maximum absolute atomic E-state index is 12.0. The summed E-state index contributed by atoms with van der Waals surface area (Å²) in [6, 6.07) is 9.25. The monoisotopic (exact) mass is 310 g/mol. The van der Waals surface area contributed by atoms with Crippen LogP contribution < -0.4 is 5.32 Å². The largest absolute Gasteiger partial charge is 0.385 e. The van der Waals surface area contributed by atoms with E-state index in [0.717, 1.165) is 16.6 Å². The quantitative estimate of drug-likeness (QED) is 0.675. The van der Waals surface area contributed by atoms with E-state index in [1.54, 1.807) is 25.4 Å². The number of pyridine rings is 1. The van der Waals surface area contributed by atoms with Crippen LogP contribution in [-0.4, -0.2) is 26.0 Å². The predicted molar refractivity (Wildman–Crippen MR) is 87.9 cm³/mol. The highest BCUT2D eigenvalue weighted by atomic mass is 16.3. The summed E-state index contributed by atoms with van der Waals surface area (Å²) in [6.45, 7) is 1.65. The van der Waals surface area contributed by atoms with Gasteiger partial charge < -0.3 is 15.4 Å². The molecule has 1 unspecified atom stereocenters. The maximum Gasteiger partial charge on any atom is 0.224 e. The number of nitrogens with one attached hydrogen (secondary N) is 2. The molecule has 0 aliphatic heterocycles. The van der Waals surface area contributed by atoms with Crippen molar-refractivity contribution < 1.29 is 9.90 Å². The Balaban J connectivity index is 1.65. The van der Waals surface area contributed by atoms with Crippen molar-refractivity contribution in [2.75, 3.05) is 5.32 Å². The van der Waals surface area contributed by atoms with Crippen LogP contribution in [0.15, 0.2) is 42.7 Å². The minimum absolute atomic E-state index is 0.0523. The fourth-order valence-electron chi connectivity index (χ4n) is 2.33. The summed E-state index contributed by atoms with van der Waals surface area (Å²) < 4.78 is 0. The molecular weight excluding hydrogens is 292 g/mol. The fraction of sp³-hybridized carbons (Fsp3) is 0.235. The number of hydrogen-bond acceptors (Lipinski definition) is 4. The van der Waals surface area contributed by atoms with Crippen molar-refractivity contribution in [1.29, 1.82) is 0 Å². The Labute approximate surface area is 133 Å². The number of hydrogen-bond donors (Lipinski definition) is 3. The number of aromatic amines is 1. The number of aromatic nitrogens is 3. The summed E-state index contributed by atoms with van der Waals surface area (Å²) >= 11 is 0. The summed E-state index contributed by atoms with van der Waals surface area (Å²) in [6.07, 6.45) is 3.87. The molecule has 3 rings (SSSR count). The third kappa shape index (κ3) is 3.73. The van der Waals surface area contributed by atoms with Crippen molar-refractivity contribution >= 4 is 22.6 Å². The van der Waals surface area contributed by atoms with Crippen LogP contribution in [0.3, 0.4) is 0 Å². The molecule has 2 heterocycles. The average molecular weight is 310 g/mol. The lowest BCUT2D eigenvalue weighted by atomic mass is 10.1. The molecule has 0 aliphatic rings. The molecule has 0 bridgehead atoms. The molecule has 23 heavy (non-hydrogen) atoms. The van der Waals surface area contributed by atoms with E-state index in [1.165, 1.54) is 0 Å². The Morgan fingerprint density at radius 2 is 2.26 bits per heavy atom. The Bertz CT molecular complexity index is 812. The third-order valence-electron chi connectivity index (χ3n) is 3.54. The van der Waals surface area contributed by atoms with Gasteiger partial charge >= 0.3 is 0 Å². The molecule has 3 aromatic rings. The van der Waals surface area contributed by atoms with Crippen LogP contribution in [0.4, 0.5) is 5.69 Å². The number of amides is 1. The number of H-pyrrole nitrogens is 1. The lowest BCUT2D eigenvalue weighted by molar-refractivity contribution is -0.116. The van der Waals surface area contributed by atoms with Gasteiger partial charge in [0.05, 0.1) is 11.0 Å². The van der Waals surface area contributed by atoms with Crippen molar-refractivity contribution in [1.82, 2.24) is 15.0 Å². The van der Waals surface area contributed by atoms with E-state index in [4.69, 9.17) is 0 Å². The van der Waals surface area contributed by atoms with Gasteiger partial charge in [-0.3, -0.25) is 9.78 Å². The lowest BCUT2D eigenvalue weighted by Crippen LogP contribution is -2.12. The summed E-state index contributed by atoms with van der Waals surface area (Å²) in [5, 5.41) is 12.4. The van der Waals surface area contributed by atoms with Gasteiger partial charge in [0.1, 0.15) is 11.9 Å². The topological polar surface area (TPSA) is 90.9 Å². The number of imidazole rings is 1. The molecule has 0 aliphatic carbocycles.